The number of hydrogen-bond acceptors (Lipinski definition) is 2. The molecule has 0 saturated carbocycles. The molecule has 0 aromatic heterocycles. The highest BCUT2D eigenvalue weighted by Crippen LogP contribution is 2.12. The number of carboxylic acids is 1. The Balaban J connectivity index is 0. The maximum absolute atomic E-state index is 9.60. The van der Waals surface area contributed by atoms with Crippen molar-refractivity contribution in [2.45, 2.75) is 162 Å². The number of carboxylic acid groups (broad SMARTS) is 1. The van der Waals surface area contributed by atoms with Crippen LogP contribution in [0.2, 0.25) is 0 Å². The van der Waals surface area contributed by atoms with E-state index in [1.165, 1.54) is 103 Å². The Kier molecular flexibility index (Phi) is 26.9. The van der Waals surface area contributed by atoms with Crippen LogP contribution in [0.25, 0.3) is 0 Å². The first-order chi connectivity index (χ1) is 14.0. The van der Waals surface area contributed by atoms with Gasteiger partial charge in [0.05, 0.1) is 0 Å². The molecule has 0 aromatic rings. The highest BCUT2D eigenvalue weighted by molar-refractivity contribution is 5.66. The summed E-state index contributed by atoms with van der Waals surface area (Å²) in [5.41, 5.74) is 0. The zero-order valence-electron chi connectivity index (χ0n) is 20.7. The quantitative estimate of drug-likeness (QED) is 0.197. The molecule has 3 nitrogen and oxygen atoms in total. The third-order valence-electron chi connectivity index (χ3n) is 5.51. The minimum atomic E-state index is -0.711. The molecule has 0 heterocycles. The van der Waals surface area contributed by atoms with Crippen LogP contribution >= 0.6 is 0 Å². The number of unbranched alkanes of at least 4 members (excludes halogenated alkanes) is 12. The fourth-order valence-electron chi connectivity index (χ4n) is 3.68. The van der Waals surface area contributed by atoms with Crippen molar-refractivity contribution in [3.63, 3.8) is 0 Å². The second kappa shape index (κ2) is 25.5. The van der Waals surface area contributed by atoms with E-state index in [0.717, 1.165) is 6.42 Å². The van der Waals surface area contributed by atoms with Gasteiger partial charge in [0.25, 0.3) is 0 Å². The van der Waals surface area contributed by atoms with Crippen LogP contribution < -0.4 is 5.32 Å². The van der Waals surface area contributed by atoms with Crippen LogP contribution in [0, 0.1) is 0 Å². The average Bonchev–Trinajstić information content (AvgIpc) is 2.67. The Morgan fingerprint density at radius 2 is 0.966 bits per heavy atom. The molecule has 29 heavy (non-hydrogen) atoms. The lowest BCUT2D eigenvalue weighted by Gasteiger charge is -2.20. The Labute approximate surface area is 183 Å². The second-order valence-corrected chi connectivity index (χ2v) is 8.93. The van der Waals surface area contributed by atoms with Crippen molar-refractivity contribution in [2.75, 3.05) is 0 Å². The molecule has 0 fully saturated rings. The first kappa shape index (κ1) is 30.6. The molecule has 0 amide bonds. The summed E-state index contributed by atoms with van der Waals surface area (Å²) in [6.07, 6.45) is 23.7. The predicted molar refractivity (Wildman–Crippen MR) is 130 cm³/mol. The molecule has 0 bridgehead atoms. The number of hydrogen-bond donors (Lipinski definition) is 2. The molecule has 0 aliphatic carbocycles. The van der Waals surface area contributed by atoms with Gasteiger partial charge in [0.2, 0.25) is 0 Å². The van der Waals surface area contributed by atoms with Crippen molar-refractivity contribution >= 4 is 5.97 Å². The molecule has 0 radical (unpaired) electrons. The lowest BCUT2D eigenvalue weighted by atomic mass is 10.0. The van der Waals surface area contributed by atoms with Gasteiger partial charge in [-0.2, -0.15) is 0 Å². The molecule has 3 heteroatoms. The normalized spacial score (nSPS) is 12.9. The van der Waals surface area contributed by atoms with Crippen molar-refractivity contribution < 1.29 is 9.90 Å². The van der Waals surface area contributed by atoms with E-state index in [9.17, 15) is 4.79 Å². The molecule has 0 aliphatic rings. The summed E-state index contributed by atoms with van der Waals surface area (Å²) in [4.78, 5) is 9.60. The second-order valence-electron chi connectivity index (χ2n) is 8.93. The molecule has 0 spiro atoms. The average molecular weight is 414 g/mol. The minimum absolute atomic E-state index is 0.292. The van der Waals surface area contributed by atoms with Gasteiger partial charge in [0, 0.05) is 18.5 Å². The fraction of sp³-hybridized carbons (Fsp3) is 0.962. The molecule has 176 valence electrons. The Hall–Kier alpha value is -0.570. The third-order valence-corrected chi connectivity index (χ3v) is 5.51. The van der Waals surface area contributed by atoms with Crippen LogP contribution in [0.3, 0.4) is 0 Å². The summed E-state index contributed by atoms with van der Waals surface area (Å²) in [5.74, 6) is -0.711. The molecule has 0 aromatic carbocycles. The Morgan fingerprint density at radius 1 is 0.621 bits per heavy atom. The molecule has 2 unspecified atom stereocenters. The van der Waals surface area contributed by atoms with Crippen LogP contribution in [0.15, 0.2) is 0 Å². The summed E-state index contributed by atoms with van der Waals surface area (Å²) in [5, 5.41) is 11.7. The largest absolute Gasteiger partial charge is 0.481 e. The fourth-order valence-corrected chi connectivity index (χ4v) is 3.68. The Morgan fingerprint density at radius 3 is 1.24 bits per heavy atom. The van der Waals surface area contributed by atoms with E-state index in [1.54, 1.807) is 0 Å². The van der Waals surface area contributed by atoms with Crippen LogP contribution in [0.1, 0.15) is 150 Å². The van der Waals surface area contributed by atoms with E-state index in [1.807, 2.05) is 6.92 Å². The topological polar surface area (TPSA) is 49.3 Å². The standard InChI is InChI=1S/C22H47N.C4H8O2/c1-5-7-9-11-13-15-17-19-21(3)23-22(4)20-18-16-14-12-10-8-6-2;1-2-3-4(5)6/h21-23H,5-20H2,1-4H3;2-3H2,1H3,(H,5,6). The van der Waals surface area contributed by atoms with Crippen molar-refractivity contribution in [1.82, 2.24) is 5.32 Å². The lowest BCUT2D eigenvalue weighted by Crippen LogP contribution is -2.34. The Bertz CT molecular complexity index is 298. The van der Waals surface area contributed by atoms with E-state index in [0.29, 0.717) is 18.5 Å². The van der Waals surface area contributed by atoms with Gasteiger partial charge in [0.1, 0.15) is 0 Å². The molecule has 0 rings (SSSR count). The first-order valence-electron chi connectivity index (χ1n) is 13.0. The summed E-state index contributed by atoms with van der Waals surface area (Å²) in [6, 6.07) is 1.40. The van der Waals surface area contributed by atoms with Crippen molar-refractivity contribution in [1.29, 1.82) is 0 Å². The van der Waals surface area contributed by atoms with Gasteiger partial charge in [-0.25, -0.2) is 0 Å². The van der Waals surface area contributed by atoms with E-state index >= 15 is 0 Å². The number of carbonyl (C=O) groups is 1. The zero-order chi connectivity index (χ0) is 22.2. The maximum atomic E-state index is 9.60. The number of nitrogens with one attached hydrogen (secondary N) is 1. The lowest BCUT2D eigenvalue weighted by molar-refractivity contribution is -0.137. The monoisotopic (exact) mass is 413 g/mol. The first-order valence-corrected chi connectivity index (χ1v) is 13.0. The highest BCUT2D eigenvalue weighted by atomic mass is 16.4. The van der Waals surface area contributed by atoms with Crippen molar-refractivity contribution in [3.05, 3.63) is 0 Å². The van der Waals surface area contributed by atoms with E-state index in [4.69, 9.17) is 5.11 Å². The summed E-state index contributed by atoms with van der Waals surface area (Å²) in [7, 11) is 0. The van der Waals surface area contributed by atoms with Gasteiger partial charge >= 0.3 is 5.97 Å². The predicted octanol–water partition coefficient (Wildman–Crippen LogP) is 8.51. The van der Waals surface area contributed by atoms with Crippen molar-refractivity contribution in [3.8, 4) is 0 Å². The van der Waals surface area contributed by atoms with Gasteiger partial charge in [-0.15, -0.1) is 0 Å². The molecule has 2 atom stereocenters. The zero-order valence-corrected chi connectivity index (χ0v) is 20.7. The third kappa shape index (κ3) is 29.7. The number of aliphatic carboxylic acids is 1. The van der Waals surface area contributed by atoms with Gasteiger partial charge in [-0.1, -0.05) is 111 Å². The van der Waals surface area contributed by atoms with Crippen LogP contribution in [0.4, 0.5) is 0 Å². The van der Waals surface area contributed by atoms with Crippen LogP contribution in [0.5, 0.6) is 0 Å². The summed E-state index contributed by atoms with van der Waals surface area (Å²) < 4.78 is 0. The number of rotatable bonds is 20. The van der Waals surface area contributed by atoms with E-state index in [2.05, 4.69) is 33.0 Å². The van der Waals surface area contributed by atoms with Crippen LogP contribution in [-0.2, 0) is 4.79 Å². The minimum Gasteiger partial charge on any atom is -0.481 e. The van der Waals surface area contributed by atoms with Gasteiger partial charge in [0.15, 0.2) is 0 Å². The molecular weight excluding hydrogens is 358 g/mol. The summed E-state index contributed by atoms with van der Waals surface area (Å²) in [6.45, 7) is 11.2. The molecule has 0 saturated heterocycles. The van der Waals surface area contributed by atoms with E-state index in [-0.39, 0.29) is 0 Å². The SMILES string of the molecule is CCCC(=O)O.CCCCCCCCCC(C)NC(C)CCCCCCCCC. The van der Waals surface area contributed by atoms with Gasteiger partial charge in [-0.05, 0) is 33.1 Å². The van der Waals surface area contributed by atoms with Crippen molar-refractivity contribution in [2.24, 2.45) is 0 Å². The molecular formula is C26H55NO2. The molecule has 0 aliphatic heterocycles. The van der Waals surface area contributed by atoms with Gasteiger partial charge < -0.3 is 10.4 Å². The maximum Gasteiger partial charge on any atom is 0.303 e. The molecule has 2 N–H and O–H groups in total. The van der Waals surface area contributed by atoms with Crippen LogP contribution in [-0.4, -0.2) is 23.2 Å². The smallest absolute Gasteiger partial charge is 0.303 e. The van der Waals surface area contributed by atoms with Gasteiger partial charge in [-0.3, -0.25) is 4.79 Å². The highest BCUT2D eigenvalue weighted by Gasteiger charge is 2.07. The van der Waals surface area contributed by atoms with E-state index < -0.39 is 5.97 Å². The summed E-state index contributed by atoms with van der Waals surface area (Å²) >= 11 is 0.